The van der Waals surface area contributed by atoms with E-state index in [4.69, 9.17) is 16.6 Å². The molecule has 0 spiro atoms. The molecule has 1 atom stereocenters. The Bertz CT molecular complexity index is 309. The van der Waals surface area contributed by atoms with E-state index < -0.39 is 0 Å². The molecule has 4 heteroatoms. The first-order chi connectivity index (χ1) is 6.63. The average molecular weight is 212 g/mol. The maximum Gasteiger partial charge on any atom is 0.166 e. The molecule has 78 valence electrons. The molecule has 0 amide bonds. The first-order valence-corrected chi connectivity index (χ1v) is 5.15. The fourth-order valence-corrected chi connectivity index (χ4v) is 1.49. The van der Waals surface area contributed by atoms with Gasteiger partial charge in [-0.15, -0.1) is 0 Å². The summed E-state index contributed by atoms with van der Waals surface area (Å²) < 4.78 is 5.47. The third-order valence-electron chi connectivity index (χ3n) is 1.87. The maximum atomic E-state index is 5.47. The lowest BCUT2D eigenvalue weighted by Crippen LogP contribution is -2.36. The summed E-state index contributed by atoms with van der Waals surface area (Å²) in [4.78, 5) is 0. The summed E-state index contributed by atoms with van der Waals surface area (Å²) in [6.45, 7) is 6.78. The van der Waals surface area contributed by atoms with Crippen molar-refractivity contribution in [2.24, 2.45) is 0 Å². The largest absolute Gasteiger partial charge is 0.464 e. The van der Waals surface area contributed by atoms with Gasteiger partial charge in [-0.2, -0.15) is 0 Å². The Morgan fingerprint density at radius 3 is 2.79 bits per heavy atom. The summed E-state index contributed by atoms with van der Waals surface area (Å²) in [7, 11) is 0. The van der Waals surface area contributed by atoms with E-state index in [1.54, 1.807) is 0 Å². The first-order valence-electron chi connectivity index (χ1n) is 4.74. The molecule has 0 saturated heterocycles. The number of hydrogen-bond donors (Lipinski definition) is 2. The average Bonchev–Trinajstić information content (AvgIpc) is 2.52. The predicted octanol–water partition coefficient (Wildman–Crippen LogP) is 2.13. The Morgan fingerprint density at radius 2 is 2.29 bits per heavy atom. The first kappa shape index (κ1) is 11.0. The number of hydrogen-bond acceptors (Lipinski definition) is 2. The van der Waals surface area contributed by atoms with Crippen LogP contribution in [0.1, 0.15) is 31.4 Å². The zero-order valence-electron chi connectivity index (χ0n) is 8.76. The van der Waals surface area contributed by atoms with Crippen LogP contribution in [-0.4, -0.2) is 11.7 Å². The third-order valence-corrected chi connectivity index (χ3v) is 2.14. The molecule has 0 aliphatic heterocycles. The molecule has 0 saturated carbocycles. The molecule has 14 heavy (non-hydrogen) atoms. The van der Waals surface area contributed by atoms with Crippen LogP contribution in [0.3, 0.4) is 0 Å². The quantitative estimate of drug-likeness (QED) is 0.753. The molecule has 0 aliphatic rings. The van der Waals surface area contributed by atoms with Gasteiger partial charge in [-0.05, 0) is 45.1 Å². The number of nitrogens with one attached hydrogen (secondary N) is 2. The van der Waals surface area contributed by atoms with E-state index in [1.165, 1.54) is 0 Å². The minimum Gasteiger partial charge on any atom is -0.464 e. The van der Waals surface area contributed by atoms with Crippen molar-refractivity contribution >= 4 is 17.3 Å². The Hall–Kier alpha value is -1.03. The molecule has 3 nitrogen and oxygen atoms in total. The van der Waals surface area contributed by atoms with E-state index >= 15 is 0 Å². The van der Waals surface area contributed by atoms with Gasteiger partial charge in [0.05, 0.1) is 6.04 Å². The highest BCUT2D eigenvalue weighted by molar-refractivity contribution is 7.80. The van der Waals surface area contributed by atoms with Gasteiger partial charge in [0.1, 0.15) is 11.5 Å². The minimum absolute atomic E-state index is 0.107. The molecular formula is C10H16N2OS. The van der Waals surface area contributed by atoms with Crippen LogP contribution in [0, 0.1) is 6.92 Å². The Balaban J connectivity index is 2.50. The van der Waals surface area contributed by atoms with Gasteiger partial charge in [-0.25, -0.2) is 0 Å². The van der Waals surface area contributed by atoms with E-state index in [0.29, 0.717) is 5.11 Å². The SMILES string of the molecule is CCNC(=S)NC(C)c1ccc(C)o1. The Morgan fingerprint density at radius 1 is 1.57 bits per heavy atom. The second-order valence-corrected chi connectivity index (χ2v) is 3.58. The van der Waals surface area contributed by atoms with E-state index in [-0.39, 0.29) is 6.04 Å². The molecule has 1 aromatic heterocycles. The van der Waals surface area contributed by atoms with Crippen molar-refractivity contribution in [1.82, 2.24) is 10.6 Å². The molecule has 0 aliphatic carbocycles. The summed E-state index contributed by atoms with van der Waals surface area (Å²) in [6.07, 6.45) is 0. The summed E-state index contributed by atoms with van der Waals surface area (Å²) in [5.41, 5.74) is 0. The highest BCUT2D eigenvalue weighted by Crippen LogP contribution is 2.14. The molecule has 2 N–H and O–H groups in total. The highest BCUT2D eigenvalue weighted by atomic mass is 32.1. The molecule has 1 unspecified atom stereocenters. The van der Waals surface area contributed by atoms with E-state index in [0.717, 1.165) is 18.1 Å². The van der Waals surface area contributed by atoms with Gasteiger partial charge in [-0.1, -0.05) is 0 Å². The predicted molar refractivity (Wildman–Crippen MR) is 61.3 cm³/mol. The van der Waals surface area contributed by atoms with Crippen LogP contribution in [0.15, 0.2) is 16.5 Å². The maximum absolute atomic E-state index is 5.47. The standard InChI is InChI=1S/C10H16N2OS/c1-4-11-10(14)12-8(3)9-6-5-7(2)13-9/h5-6,8H,4H2,1-3H3,(H2,11,12,14). The number of aryl methyl sites for hydroxylation is 1. The van der Waals surface area contributed by atoms with Crippen molar-refractivity contribution in [3.63, 3.8) is 0 Å². The smallest absolute Gasteiger partial charge is 0.166 e. The minimum atomic E-state index is 0.107. The van der Waals surface area contributed by atoms with Crippen LogP contribution in [0.4, 0.5) is 0 Å². The fourth-order valence-electron chi connectivity index (χ4n) is 1.17. The van der Waals surface area contributed by atoms with E-state index in [9.17, 15) is 0 Å². The van der Waals surface area contributed by atoms with Crippen molar-refractivity contribution < 1.29 is 4.42 Å². The fraction of sp³-hybridized carbons (Fsp3) is 0.500. The normalized spacial score (nSPS) is 12.2. The van der Waals surface area contributed by atoms with Gasteiger partial charge in [0, 0.05) is 6.54 Å². The lowest BCUT2D eigenvalue weighted by atomic mass is 10.2. The van der Waals surface area contributed by atoms with Crippen molar-refractivity contribution in [2.45, 2.75) is 26.8 Å². The van der Waals surface area contributed by atoms with Crippen molar-refractivity contribution in [2.75, 3.05) is 6.54 Å². The van der Waals surface area contributed by atoms with E-state index in [1.807, 2.05) is 32.9 Å². The molecule has 0 radical (unpaired) electrons. The highest BCUT2D eigenvalue weighted by Gasteiger charge is 2.09. The summed E-state index contributed by atoms with van der Waals surface area (Å²) >= 11 is 5.07. The molecule has 0 bridgehead atoms. The lowest BCUT2D eigenvalue weighted by molar-refractivity contribution is 0.442. The van der Waals surface area contributed by atoms with Gasteiger partial charge in [0.15, 0.2) is 5.11 Å². The molecule has 0 aromatic carbocycles. The van der Waals surface area contributed by atoms with Crippen molar-refractivity contribution in [3.8, 4) is 0 Å². The van der Waals surface area contributed by atoms with Crippen LogP contribution in [-0.2, 0) is 0 Å². The van der Waals surface area contributed by atoms with Gasteiger partial charge < -0.3 is 15.1 Å². The molecule has 1 heterocycles. The molecule has 1 rings (SSSR count). The Kier molecular flexibility index (Phi) is 3.95. The molecule has 1 aromatic rings. The molecule has 0 fully saturated rings. The van der Waals surface area contributed by atoms with Crippen molar-refractivity contribution in [3.05, 3.63) is 23.7 Å². The number of rotatable bonds is 3. The molecular weight excluding hydrogens is 196 g/mol. The lowest BCUT2D eigenvalue weighted by Gasteiger charge is -2.14. The summed E-state index contributed by atoms with van der Waals surface area (Å²) in [5, 5.41) is 6.83. The van der Waals surface area contributed by atoms with Gasteiger partial charge in [0.2, 0.25) is 0 Å². The van der Waals surface area contributed by atoms with Crippen molar-refractivity contribution in [1.29, 1.82) is 0 Å². The number of thiocarbonyl (C=S) groups is 1. The van der Waals surface area contributed by atoms with E-state index in [2.05, 4.69) is 10.6 Å². The van der Waals surface area contributed by atoms with Crippen LogP contribution in [0.25, 0.3) is 0 Å². The summed E-state index contributed by atoms with van der Waals surface area (Å²) in [5.74, 6) is 1.82. The zero-order valence-corrected chi connectivity index (χ0v) is 9.57. The third kappa shape index (κ3) is 3.03. The zero-order chi connectivity index (χ0) is 10.6. The second kappa shape index (κ2) is 5.00. The Labute approximate surface area is 89.9 Å². The van der Waals surface area contributed by atoms with Gasteiger partial charge in [0.25, 0.3) is 0 Å². The summed E-state index contributed by atoms with van der Waals surface area (Å²) in [6, 6.07) is 4.01. The van der Waals surface area contributed by atoms with Crippen LogP contribution in [0.5, 0.6) is 0 Å². The second-order valence-electron chi connectivity index (χ2n) is 3.17. The monoisotopic (exact) mass is 212 g/mol. The van der Waals surface area contributed by atoms with Crippen LogP contribution >= 0.6 is 12.2 Å². The van der Waals surface area contributed by atoms with Crippen LogP contribution in [0.2, 0.25) is 0 Å². The van der Waals surface area contributed by atoms with Gasteiger partial charge >= 0.3 is 0 Å². The van der Waals surface area contributed by atoms with Gasteiger partial charge in [-0.3, -0.25) is 0 Å². The van der Waals surface area contributed by atoms with Crippen LogP contribution < -0.4 is 10.6 Å². The number of furan rings is 1. The topological polar surface area (TPSA) is 37.2 Å².